The van der Waals surface area contributed by atoms with Gasteiger partial charge in [-0.05, 0) is 55.8 Å². The molecule has 7 nitrogen and oxygen atoms in total. The summed E-state index contributed by atoms with van der Waals surface area (Å²) in [6.07, 6.45) is -0.701. The van der Waals surface area contributed by atoms with Gasteiger partial charge in [-0.25, -0.2) is 4.68 Å². The van der Waals surface area contributed by atoms with E-state index < -0.39 is 6.10 Å². The highest BCUT2D eigenvalue weighted by molar-refractivity contribution is 6.31. The lowest BCUT2D eigenvalue weighted by Gasteiger charge is -2.15. The molecule has 31 heavy (non-hydrogen) atoms. The maximum absolute atomic E-state index is 12.3. The first-order valence-corrected chi connectivity index (χ1v) is 10.2. The molecule has 1 amide bonds. The molecule has 0 spiro atoms. The molecule has 0 saturated carbocycles. The quantitative estimate of drug-likeness (QED) is 0.578. The number of aromatic nitrogens is 2. The zero-order chi connectivity index (χ0) is 22.4. The van der Waals surface area contributed by atoms with Gasteiger partial charge in [0.15, 0.2) is 6.10 Å². The molecule has 1 unspecified atom stereocenters. The fourth-order valence-corrected chi connectivity index (χ4v) is 3.04. The second kappa shape index (κ2) is 10.1. The molecule has 1 aromatic heterocycles. The van der Waals surface area contributed by atoms with Gasteiger partial charge in [0, 0.05) is 23.2 Å². The Hall–Kier alpha value is -3.32. The zero-order valence-electron chi connectivity index (χ0n) is 17.6. The van der Waals surface area contributed by atoms with Crippen LogP contribution in [0.3, 0.4) is 0 Å². The number of hydrogen-bond acceptors (Lipinski definition) is 5. The first-order chi connectivity index (χ1) is 14.9. The summed E-state index contributed by atoms with van der Waals surface area (Å²) < 4.78 is 12.2. The summed E-state index contributed by atoms with van der Waals surface area (Å²) in [4.78, 5) is 24.5. The smallest absolute Gasteiger partial charge is 0.266 e. The topological polar surface area (TPSA) is 82.5 Å². The van der Waals surface area contributed by atoms with Gasteiger partial charge in [-0.2, -0.15) is 5.10 Å². The van der Waals surface area contributed by atoms with Gasteiger partial charge >= 0.3 is 0 Å². The number of rotatable bonds is 8. The average molecular weight is 442 g/mol. The number of nitrogens with zero attached hydrogens (tertiary/aromatic N) is 2. The van der Waals surface area contributed by atoms with Crippen LogP contribution in [0.4, 0.5) is 0 Å². The van der Waals surface area contributed by atoms with Gasteiger partial charge < -0.3 is 14.8 Å². The van der Waals surface area contributed by atoms with E-state index in [2.05, 4.69) is 10.4 Å². The highest BCUT2D eigenvalue weighted by atomic mass is 35.5. The number of ether oxygens (including phenoxy) is 2. The summed E-state index contributed by atoms with van der Waals surface area (Å²) in [5.41, 5.74) is 2.09. The van der Waals surface area contributed by atoms with Crippen LogP contribution in [-0.4, -0.2) is 35.4 Å². The molecule has 0 fully saturated rings. The largest absolute Gasteiger partial charge is 0.497 e. The lowest BCUT2D eigenvalue weighted by molar-refractivity contribution is -0.127. The molecule has 162 valence electrons. The van der Waals surface area contributed by atoms with Crippen LogP contribution in [0.1, 0.15) is 12.5 Å². The summed E-state index contributed by atoms with van der Waals surface area (Å²) in [5, 5.41) is 7.81. The molecule has 3 aromatic rings. The van der Waals surface area contributed by atoms with Crippen LogP contribution in [0.25, 0.3) is 11.3 Å². The average Bonchev–Trinajstić information content (AvgIpc) is 2.77. The van der Waals surface area contributed by atoms with Gasteiger partial charge in [-0.15, -0.1) is 0 Å². The van der Waals surface area contributed by atoms with Crippen molar-refractivity contribution in [2.45, 2.75) is 26.5 Å². The number of hydrogen-bond donors (Lipinski definition) is 1. The molecule has 0 aliphatic heterocycles. The predicted molar refractivity (Wildman–Crippen MR) is 120 cm³/mol. The van der Waals surface area contributed by atoms with Crippen LogP contribution in [0.5, 0.6) is 11.5 Å². The van der Waals surface area contributed by atoms with Crippen LogP contribution in [0, 0.1) is 6.92 Å². The third-order valence-electron chi connectivity index (χ3n) is 4.67. The maximum Gasteiger partial charge on any atom is 0.266 e. The van der Waals surface area contributed by atoms with Crippen molar-refractivity contribution in [2.75, 3.05) is 13.7 Å². The van der Waals surface area contributed by atoms with Crippen molar-refractivity contribution in [3.05, 3.63) is 75.5 Å². The first kappa shape index (κ1) is 22.4. The minimum Gasteiger partial charge on any atom is -0.497 e. The maximum atomic E-state index is 12.3. The van der Waals surface area contributed by atoms with E-state index in [9.17, 15) is 9.59 Å². The molecule has 0 bridgehead atoms. The molecule has 2 aromatic carbocycles. The predicted octanol–water partition coefficient (Wildman–Crippen LogP) is 3.46. The van der Waals surface area contributed by atoms with Crippen LogP contribution in [0.2, 0.25) is 5.02 Å². The molecule has 1 heterocycles. The zero-order valence-corrected chi connectivity index (χ0v) is 18.3. The van der Waals surface area contributed by atoms with Gasteiger partial charge in [0.2, 0.25) is 0 Å². The van der Waals surface area contributed by atoms with Crippen molar-refractivity contribution in [1.29, 1.82) is 0 Å². The first-order valence-electron chi connectivity index (χ1n) is 9.80. The lowest BCUT2D eigenvalue weighted by Crippen LogP contribution is -2.39. The molecule has 1 N–H and O–H groups in total. The Morgan fingerprint density at radius 1 is 1.16 bits per heavy atom. The number of methoxy groups -OCH3 is 1. The van der Waals surface area contributed by atoms with E-state index in [1.54, 1.807) is 38.3 Å². The van der Waals surface area contributed by atoms with Crippen molar-refractivity contribution in [3.63, 3.8) is 0 Å². The van der Waals surface area contributed by atoms with Gasteiger partial charge in [0.05, 0.1) is 19.3 Å². The Balaban J connectivity index is 1.59. The van der Waals surface area contributed by atoms with Crippen molar-refractivity contribution in [1.82, 2.24) is 15.1 Å². The van der Waals surface area contributed by atoms with Crippen molar-refractivity contribution < 1.29 is 14.3 Å². The third-order valence-corrected chi connectivity index (χ3v) is 5.09. The summed E-state index contributed by atoms with van der Waals surface area (Å²) in [6.45, 7) is 3.99. The molecular formula is C23H24ClN3O4. The van der Waals surface area contributed by atoms with E-state index >= 15 is 0 Å². The molecular weight excluding hydrogens is 418 g/mol. The van der Waals surface area contributed by atoms with Crippen LogP contribution in [-0.2, 0) is 11.3 Å². The van der Waals surface area contributed by atoms with E-state index in [0.29, 0.717) is 22.2 Å². The van der Waals surface area contributed by atoms with E-state index in [1.165, 1.54) is 10.7 Å². The third kappa shape index (κ3) is 5.86. The molecule has 1 atom stereocenters. The molecule has 0 aliphatic rings. The Labute approximate surface area is 185 Å². The van der Waals surface area contributed by atoms with Gasteiger partial charge in [0.25, 0.3) is 11.5 Å². The van der Waals surface area contributed by atoms with Crippen molar-refractivity contribution in [3.8, 4) is 22.8 Å². The lowest BCUT2D eigenvalue weighted by atomic mass is 10.1. The minimum atomic E-state index is -0.701. The van der Waals surface area contributed by atoms with Crippen LogP contribution < -0.4 is 20.3 Å². The number of nitrogens with one attached hydrogen (secondary N) is 1. The Morgan fingerprint density at radius 3 is 2.71 bits per heavy atom. The second-order valence-electron chi connectivity index (χ2n) is 6.97. The van der Waals surface area contributed by atoms with E-state index in [0.717, 1.165) is 11.1 Å². The number of aryl methyl sites for hydroxylation is 1. The van der Waals surface area contributed by atoms with Crippen LogP contribution >= 0.6 is 11.6 Å². The standard InChI is InChI=1S/C23H24ClN3O4/c1-15-13-19(7-8-20(15)24)31-16(2)23(29)25-11-12-27-22(28)10-9-21(26-27)17-5-4-6-18(14-17)30-3/h4-10,13-14,16H,11-12H2,1-3H3,(H,25,29). The van der Waals surface area contributed by atoms with Gasteiger partial charge in [0.1, 0.15) is 11.5 Å². The monoisotopic (exact) mass is 441 g/mol. The minimum absolute atomic E-state index is 0.231. The van der Waals surface area contributed by atoms with E-state index in [4.69, 9.17) is 21.1 Å². The Kier molecular flexibility index (Phi) is 7.31. The molecule has 0 aliphatic carbocycles. The summed E-state index contributed by atoms with van der Waals surface area (Å²) in [5.74, 6) is 0.979. The van der Waals surface area contributed by atoms with Gasteiger partial charge in [-0.3, -0.25) is 9.59 Å². The highest BCUT2D eigenvalue weighted by Crippen LogP contribution is 2.22. The van der Waals surface area contributed by atoms with E-state index in [1.807, 2.05) is 31.2 Å². The van der Waals surface area contributed by atoms with Crippen molar-refractivity contribution in [2.24, 2.45) is 0 Å². The van der Waals surface area contributed by atoms with Crippen molar-refractivity contribution >= 4 is 17.5 Å². The summed E-state index contributed by atoms with van der Waals surface area (Å²) >= 11 is 6.01. The highest BCUT2D eigenvalue weighted by Gasteiger charge is 2.15. The fourth-order valence-electron chi connectivity index (χ4n) is 2.92. The molecule has 0 radical (unpaired) electrons. The number of carbonyl (C=O) groups excluding carboxylic acids is 1. The number of benzene rings is 2. The van der Waals surface area contributed by atoms with Crippen LogP contribution in [0.15, 0.2) is 59.4 Å². The Morgan fingerprint density at radius 2 is 1.97 bits per heavy atom. The Bertz CT molecular complexity index is 1130. The summed E-state index contributed by atoms with van der Waals surface area (Å²) in [6, 6.07) is 15.8. The summed E-state index contributed by atoms with van der Waals surface area (Å²) in [7, 11) is 1.59. The SMILES string of the molecule is COc1cccc(-c2ccc(=O)n(CCNC(=O)C(C)Oc3ccc(Cl)c(C)c3)n2)c1. The number of amides is 1. The number of halogens is 1. The van der Waals surface area contributed by atoms with Gasteiger partial charge in [-0.1, -0.05) is 23.7 Å². The normalized spacial score (nSPS) is 11.6. The molecule has 0 saturated heterocycles. The van der Waals surface area contributed by atoms with E-state index in [-0.39, 0.29) is 24.6 Å². The number of carbonyl (C=O) groups is 1. The molecule has 8 heteroatoms. The fraction of sp³-hybridized carbons (Fsp3) is 0.261. The molecule has 3 rings (SSSR count). The second-order valence-corrected chi connectivity index (χ2v) is 7.38.